The Morgan fingerprint density at radius 1 is 0.712 bits per heavy atom. The zero-order chi connectivity index (χ0) is 40.1. The molecule has 1 aromatic heterocycles. The summed E-state index contributed by atoms with van der Waals surface area (Å²) in [6.07, 6.45) is -1.12. The molecule has 0 bridgehead atoms. The normalized spacial score (nSPS) is 11.6. The van der Waals surface area contributed by atoms with Gasteiger partial charge in [0.1, 0.15) is 48.7 Å². The molecule has 1 heterocycles. The molecule has 0 atom stereocenters. The number of quaternary nitrogens is 1. The summed E-state index contributed by atoms with van der Waals surface area (Å²) in [6, 6.07) is 16.8. The molecule has 0 saturated heterocycles. The van der Waals surface area contributed by atoms with Crippen LogP contribution in [0, 0.1) is 6.08 Å². The van der Waals surface area contributed by atoms with Gasteiger partial charge >= 0.3 is 94.8 Å². The second-order valence-corrected chi connectivity index (χ2v) is 15.2. The van der Waals surface area contributed by atoms with Crippen LogP contribution in [0.4, 0.5) is 67.5 Å². The van der Waals surface area contributed by atoms with Gasteiger partial charge in [-0.05, 0) is 48.5 Å². The molecule has 0 aliphatic rings. The van der Waals surface area contributed by atoms with Gasteiger partial charge in [0.25, 0.3) is 0 Å². The fourth-order valence-electron chi connectivity index (χ4n) is 4.53. The standard InChI is InChI=1S/C30H29FN12O9S3.CH4.3Na/c1-43(2,3)18-11-8-16(9-12-18)34-29-36-28(31)37-30(38-29)35-17-10-13-22(53-52-51-44)20(14-17)40-42-27-25(32)21(15-24(26(27)33)55(48,49)50)41-39-19-6-4-5-7-23(19)54(45,46)47;;;;/h4-15H,32-33H2,1-3H3,(H4-,34,35,36,37,38,44,45,46,47,48,49,50);1H4;;;/q;;3*+1/p-2. The van der Waals surface area contributed by atoms with Crippen LogP contribution in [0.15, 0.2) is 108 Å². The molecule has 0 fully saturated rings. The van der Waals surface area contributed by atoms with E-state index in [2.05, 4.69) is 55.4 Å². The van der Waals surface area contributed by atoms with E-state index in [9.17, 15) is 35.6 Å². The summed E-state index contributed by atoms with van der Waals surface area (Å²) in [5.74, 6) is -0.380. The second kappa shape index (κ2) is 22.9. The summed E-state index contributed by atoms with van der Waals surface area (Å²) in [6.45, 7) is 0. The van der Waals surface area contributed by atoms with E-state index < -0.39 is 64.5 Å². The van der Waals surface area contributed by atoms with Crippen molar-refractivity contribution < 1.29 is 134 Å². The van der Waals surface area contributed by atoms with Crippen molar-refractivity contribution in [2.24, 2.45) is 20.5 Å². The maximum Gasteiger partial charge on any atom is 1.00 e. The smallest absolute Gasteiger partial charge is 0.744 e. The van der Waals surface area contributed by atoms with E-state index in [1.807, 2.05) is 33.3 Å². The average molecular weight is 900 g/mol. The van der Waals surface area contributed by atoms with Gasteiger partial charge in [0.2, 0.25) is 11.9 Å². The molecule has 296 valence electrons. The van der Waals surface area contributed by atoms with E-state index >= 15 is 0 Å². The van der Waals surface area contributed by atoms with Gasteiger partial charge in [-0.3, -0.25) is 9.52 Å². The van der Waals surface area contributed by atoms with E-state index in [1.165, 1.54) is 30.3 Å². The third kappa shape index (κ3) is 14.7. The van der Waals surface area contributed by atoms with Gasteiger partial charge in [-0.2, -0.15) is 23.7 Å². The number of hydrogen-bond donors (Lipinski definition) is 4. The number of nitrogens with one attached hydrogen (secondary N) is 2. The van der Waals surface area contributed by atoms with Gasteiger partial charge in [0.15, 0.2) is 0 Å². The number of rotatable bonds is 14. The summed E-state index contributed by atoms with van der Waals surface area (Å²) in [5, 5.41) is 35.1. The Balaban J connectivity index is 0.00000435. The van der Waals surface area contributed by atoms with Crippen molar-refractivity contribution in [2.45, 2.75) is 22.1 Å². The number of aromatic nitrogens is 3. The zero-order valence-corrected chi connectivity index (χ0v) is 39.9. The van der Waals surface area contributed by atoms with Crippen LogP contribution in [0.5, 0.6) is 0 Å². The number of benzene rings is 4. The summed E-state index contributed by atoms with van der Waals surface area (Å²) in [4.78, 5) is 9.82. The van der Waals surface area contributed by atoms with Crippen LogP contribution < -0.4 is 121 Å². The Hall–Kier alpha value is -2.77. The first-order valence-electron chi connectivity index (χ1n) is 15.0. The van der Waals surface area contributed by atoms with E-state index in [1.54, 1.807) is 12.1 Å². The van der Waals surface area contributed by atoms with Gasteiger partial charge in [0, 0.05) is 23.5 Å². The van der Waals surface area contributed by atoms with Crippen LogP contribution in [0.1, 0.15) is 7.43 Å². The minimum Gasteiger partial charge on any atom is -0.744 e. The molecule has 6 N–H and O–H groups in total. The maximum atomic E-state index is 14.5. The Bertz CT molecular complexity index is 2540. The first-order chi connectivity index (χ1) is 25.8. The number of anilines is 6. The van der Waals surface area contributed by atoms with Crippen molar-refractivity contribution in [3.05, 3.63) is 78.9 Å². The predicted molar refractivity (Wildman–Crippen MR) is 200 cm³/mol. The van der Waals surface area contributed by atoms with E-state index in [4.69, 9.17) is 11.5 Å². The molecule has 59 heavy (non-hydrogen) atoms. The fourth-order valence-corrected chi connectivity index (χ4v) is 6.17. The number of nitrogens with two attached hydrogens (primary N) is 2. The Morgan fingerprint density at radius 2 is 1.25 bits per heavy atom. The molecule has 0 amide bonds. The zero-order valence-electron chi connectivity index (χ0n) is 31.4. The third-order valence-electron chi connectivity index (χ3n) is 7.12. The monoisotopic (exact) mass is 899 g/mol. The predicted octanol–water partition coefficient (Wildman–Crippen LogP) is -3.62. The summed E-state index contributed by atoms with van der Waals surface area (Å²) in [7, 11) is -4.32. The van der Waals surface area contributed by atoms with Crippen LogP contribution in [0.2, 0.25) is 0 Å². The van der Waals surface area contributed by atoms with Crippen LogP contribution >= 0.6 is 12.0 Å². The molecule has 21 nitrogen and oxygen atoms in total. The Morgan fingerprint density at radius 3 is 1.83 bits per heavy atom. The van der Waals surface area contributed by atoms with E-state index in [0.29, 0.717) is 28.3 Å². The van der Waals surface area contributed by atoms with Crippen LogP contribution in [0.25, 0.3) is 0 Å². The number of nitrogen functional groups attached to an aromatic ring is 2. The molecule has 0 radical (unpaired) electrons. The molecular weight excluding hydrogens is 869 g/mol. The van der Waals surface area contributed by atoms with Crippen molar-refractivity contribution in [1.29, 1.82) is 0 Å². The van der Waals surface area contributed by atoms with Gasteiger partial charge in [-0.25, -0.2) is 16.8 Å². The molecule has 0 unspecified atom stereocenters. The maximum absolute atomic E-state index is 14.5. The number of nitrogens with zero attached hydrogens (tertiary/aromatic N) is 8. The topological polar surface area (TPSA) is 320 Å². The number of halogens is 1. The van der Waals surface area contributed by atoms with Crippen molar-refractivity contribution in [2.75, 3.05) is 43.2 Å². The minimum absolute atomic E-state index is 0. The van der Waals surface area contributed by atoms with Crippen molar-refractivity contribution in [3.63, 3.8) is 0 Å². The van der Waals surface area contributed by atoms with Crippen LogP contribution in [-0.2, 0) is 29.6 Å². The third-order valence-corrected chi connectivity index (χ3v) is 9.53. The molecular formula is C31H31FN12Na3O9S3+. The van der Waals surface area contributed by atoms with Crippen molar-refractivity contribution in [1.82, 2.24) is 19.4 Å². The van der Waals surface area contributed by atoms with E-state index in [0.717, 1.165) is 17.8 Å². The van der Waals surface area contributed by atoms with Gasteiger partial charge in [0.05, 0.1) is 59.2 Å². The molecule has 5 rings (SSSR count). The molecule has 0 aliphatic heterocycles. The average Bonchev–Trinajstić information content (AvgIpc) is 3.09. The van der Waals surface area contributed by atoms with Gasteiger partial charge < -0.3 is 36.5 Å². The quantitative estimate of drug-likeness (QED) is 0.0122. The SMILES string of the molecule is C.C[N+](C)(C)c1ccc(Nc2nc(F)nc(Nc3ccc(SOO[O-])c(N=Nc4c(N)c(N=Nc5ccccc5S(=O)(=O)[O-])cc(S(=O)(=O)[O-])c4N)c3)n2)cc1.[Na+].[Na+].[Na+]. The second-order valence-electron chi connectivity index (χ2n) is 11.8. The van der Waals surface area contributed by atoms with Crippen LogP contribution in [-0.4, -0.2) is 62.0 Å². The first kappa shape index (κ1) is 54.2. The molecule has 4 aromatic carbocycles. The molecule has 28 heteroatoms. The molecule has 0 saturated carbocycles. The fraction of sp³-hybridized carbons (Fsp3) is 0.129. The van der Waals surface area contributed by atoms with Crippen LogP contribution in [0.3, 0.4) is 0 Å². The first-order valence-corrected chi connectivity index (χ1v) is 18.6. The van der Waals surface area contributed by atoms with E-state index in [-0.39, 0.29) is 124 Å². The van der Waals surface area contributed by atoms with Gasteiger partial charge in [-0.15, -0.1) is 20.5 Å². The molecule has 0 aliphatic carbocycles. The molecule has 5 aromatic rings. The van der Waals surface area contributed by atoms with Gasteiger partial charge in [-0.1, -0.05) is 19.6 Å². The van der Waals surface area contributed by atoms with Crippen molar-refractivity contribution in [3.8, 4) is 0 Å². The minimum atomic E-state index is -5.31. The Kier molecular flexibility index (Phi) is 21.0. The summed E-state index contributed by atoms with van der Waals surface area (Å²) in [5.41, 5.74) is 11.0. The largest absolute Gasteiger partial charge is 1.00 e. The molecule has 0 spiro atoms. The Labute approximate surface area is 408 Å². The number of azo groups is 2. The summed E-state index contributed by atoms with van der Waals surface area (Å²) >= 11 is 0.389. The van der Waals surface area contributed by atoms with Crippen molar-refractivity contribution >= 4 is 95.4 Å². The number of hydrogen-bond acceptors (Lipinski definition) is 21. The summed E-state index contributed by atoms with van der Waals surface area (Å²) < 4.78 is 90.9.